The Morgan fingerprint density at radius 1 is 1.19 bits per heavy atom. The molecule has 10 heteroatoms. The zero-order valence-electron chi connectivity index (χ0n) is 24.2. The summed E-state index contributed by atoms with van der Waals surface area (Å²) in [6, 6.07) is 12.3. The van der Waals surface area contributed by atoms with Crippen LogP contribution in [-0.4, -0.2) is 77.6 Å². The lowest BCUT2D eigenvalue weighted by Gasteiger charge is -2.41. The molecule has 0 spiro atoms. The normalized spacial score (nSPS) is 21.0. The maximum Gasteiger partial charge on any atom is 0.321 e. The number of carbonyl (C=O) groups excluding carboxylic acids is 1. The van der Waals surface area contributed by atoms with Crippen molar-refractivity contribution in [2.24, 2.45) is 0 Å². The van der Waals surface area contributed by atoms with Crippen LogP contribution in [-0.2, 0) is 11.2 Å². The minimum atomic E-state index is -0.946. The van der Waals surface area contributed by atoms with Gasteiger partial charge in [0.15, 0.2) is 5.83 Å². The van der Waals surface area contributed by atoms with Crippen molar-refractivity contribution in [3.8, 4) is 11.9 Å². The number of ether oxygens (including phenoxy) is 2. The molecule has 1 amide bonds. The number of anilines is 1. The fourth-order valence-electron chi connectivity index (χ4n) is 6.26. The van der Waals surface area contributed by atoms with Crippen molar-refractivity contribution >= 4 is 39.9 Å². The summed E-state index contributed by atoms with van der Waals surface area (Å²) in [6.07, 6.45) is 2.77. The summed E-state index contributed by atoms with van der Waals surface area (Å²) in [5.74, 6) is 0.261. The fraction of sp³-hybridized carbons (Fsp3) is 0.406. The zero-order valence-corrected chi connectivity index (χ0v) is 25.0. The lowest BCUT2D eigenvalue weighted by Crippen LogP contribution is -2.54. The van der Waals surface area contributed by atoms with Crippen molar-refractivity contribution in [2.45, 2.75) is 45.2 Å². The van der Waals surface area contributed by atoms with Gasteiger partial charge >= 0.3 is 6.01 Å². The minimum absolute atomic E-state index is 0.127. The third kappa shape index (κ3) is 5.31. The van der Waals surface area contributed by atoms with Crippen molar-refractivity contribution < 1.29 is 18.7 Å². The highest BCUT2D eigenvalue weighted by Crippen LogP contribution is 2.42. The first-order valence-corrected chi connectivity index (χ1v) is 14.8. The van der Waals surface area contributed by atoms with E-state index in [0.29, 0.717) is 55.4 Å². The topological polar surface area (TPSA) is 71.0 Å². The zero-order chi connectivity index (χ0) is 29.5. The summed E-state index contributed by atoms with van der Waals surface area (Å²) in [6.45, 7) is 9.92. The Kier molecular flexibility index (Phi) is 7.81. The van der Waals surface area contributed by atoms with Crippen molar-refractivity contribution in [1.82, 2.24) is 19.8 Å². The quantitative estimate of drug-likeness (QED) is 0.343. The lowest BCUT2D eigenvalue weighted by molar-refractivity contribution is -0.129. The van der Waals surface area contributed by atoms with E-state index in [4.69, 9.17) is 31.0 Å². The number of hydrogen-bond acceptors (Lipinski definition) is 7. The van der Waals surface area contributed by atoms with Gasteiger partial charge in [0.2, 0.25) is 5.88 Å². The van der Waals surface area contributed by atoms with Gasteiger partial charge in [0.25, 0.3) is 5.91 Å². The Bertz CT molecular complexity index is 1590. The largest absolute Gasteiger partial charge is 0.462 e. The molecule has 3 aromatic rings. The smallest absolute Gasteiger partial charge is 0.321 e. The second kappa shape index (κ2) is 11.5. The highest BCUT2D eigenvalue weighted by molar-refractivity contribution is 6.36. The molecule has 3 aliphatic rings. The molecule has 0 bridgehead atoms. The van der Waals surface area contributed by atoms with Gasteiger partial charge in [0.1, 0.15) is 18.2 Å². The Balaban J connectivity index is 1.37. The predicted octanol–water partition coefficient (Wildman–Crippen LogP) is 5.64. The number of aromatic nitrogens is 2. The molecule has 2 aromatic carbocycles. The average molecular weight is 592 g/mol. The molecule has 2 fully saturated rings. The third-order valence-electron chi connectivity index (χ3n) is 8.55. The monoisotopic (exact) mass is 591 g/mol. The molecule has 3 aliphatic heterocycles. The highest BCUT2D eigenvalue weighted by Gasteiger charge is 2.34. The van der Waals surface area contributed by atoms with Crippen LogP contribution in [0.15, 0.2) is 54.4 Å². The van der Waals surface area contributed by atoms with E-state index in [9.17, 15) is 9.18 Å². The SMILES string of the molecule is C=C(F)C(=O)N1CCN(c2nc(OC[C@@H]3CCCN3C)nc3c2CC(C)=C(c2cccc4cccc(Cl)c24)O3)[C@@H](C)C1. The molecule has 2 atom stereocenters. The average Bonchev–Trinajstić information content (AvgIpc) is 3.39. The van der Waals surface area contributed by atoms with Gasteiger partial charge in [-0.2, -0.15) is 9.97 Å². The standard InChI is InChI=1S/C32H35ClFN5O3/c1-19-16-25-29(39-15-14-38(17-20(39)2)31(40)21(3)34)35-32(41-18-23-10-7-13-37(23)4)36-30(25)42-28(19)24-11-5-8-22-9-6-12-26(33)27(22)24/h5-6,8-9,11-12,20,23H,3,7,10,13-18H2,1-2,4H3/t20-,23-/m0/s1. The van der Waals surface area contributed by atoms with E-state index in [1.54, 1.807) is 0 Å². The molecule has 0 unspecified atom stereocenters. The van der Waals surface area contributed by atoms with E-state index in [1.807, 2.05) is 50.2 Å². The van der Waals surface area contributed by atoms with E-state index < -0.39 is 11.7 Å². The number of likely N-dealkylation sites (N-methyl/N-ethyl adjacent to an activating group) is 1. The first-order valence-electron chi connectivity index (χ1n) is 14.4. The van der Waals surface area contributed by atoms with Crippen LogP contribution in [0.5, 0.6) is 11.9 Å². The van der Waals surface area contributed by atoms with E-state index in [-0.39, 0.29) is 12.1 Å². The second-order valence-corrected chi connectivity index (χ2v) is 11.8. The molecule has 42 heavy (non-hydrogen) atoms. The second-order valence-electron chi connectivity index (χ2n) is 11.4. The van der Waals surface area contributed by atoms with Crippen LogP contribution < -0.4 is 14.4 Å². The van der Waals surface area contributed by atoms with Crippen LogP contribution in [0.1, 0.15) is 37.8 Å². The van der Waals surface area contributed by atoms with Crippen molar-refractivity contribution in [2.75, 3.05) is 44.7 Å². The van der Waals surface area contributed by atoms with E-state index in [0.717, 1.165) is 52.6 Å². The summed E-state index contributed by atoms with van der Waals surface area (Å²) >= 11 is 6.67. The van der Waals surface area contributed by atoms with Crippen LogP contribution in [0.3, 0.4) is 0 Å². The number of carbonyl (C=O) groups is 1. The third-order valence-corrected chi connectivity index (χ3v) is 8.86. The molecule has 0 aliphatic carbocycles. The van der Waals surface area contributed by atoms with Gasteiger partial charge in [-0.05, 0) is 57.3 Å². The van der Waals surface area contributed by atoms with Crippen LogP contribution in [0, 0.1) is 0 Å². The Morgan fingerprint density at radius 3 is 2.69 bits per heavy atom. The van der Waals surface area contributed by atoms with E-state index in [1.165, 1.54) is 4.90 Å². The molecular formula is C32H35ClFN5O3. The van der Waals surface area contributed by atoms with Crippen LogP contribution in [0.4, 0.5) is 10.2 Å². The molecule has 8 nitrogen and oxygen atoms in total. The Morgan fingerprint density at radius 2 is 1.98 bits per heavy atom. The summed E-state index contributed by atoms with van der Waals surface area (Å²) in [7, 11) is 2.10. The number of allylic oxidation sites excluding steroid dienone is 1. The molecule has 0 N–H and O–H groups in total. The van der Waals surface area contributed by atoms with Gasteiger partial charge in [0, 0.05) is 54.1 Å². The number of likely N-dealkylation sites (tertiary alicyclic amines) is 1. The van der Waals surface area contributed by atoms with Gasteiger partial charge in [-0.3, -0.25) is 4.79 Å². The molecule has 1 aromatic heterocycles. The first kappa shape index (κ1) is 28.4. The summed E-state index contributed by atoms with van der Waals surface area (Å²) in [5, 5.41) is 2.61. The van der Waals surface area contributed by atoms with Crippen LogP contribution in [0.2, 0.25) is 5.02 Å². The summed E-state index contributed by atoms with van der Waals surface area (Å²) in [4.78, 5) is 27.9. The molecule has 4 heterocycles. The lowest BCUT2D eigenvalue weighted by atomic mass is 9.96. The van der Waals surface area contributed by atoms with Crippen LogP contribution in [0.25, 0.3) is 16.5 Å². The maximum absolute atomic E-state index is 13.6. The molecule has 0 radical (unpaired) electrons. The van der Waals surface area contributed by atoms with Gasteiger partial charge in [0.05, 0.1) is 5.56 Å². The summed E-state index contributed by atoms with van der Waals surface area (Å²) < 4.78 is 26.4. The first-order chi connectivity index (χ1) is 20.2. The van der Waals surface area contributed by atoms with Gasteiger partial charge < -0.3 is 24.2 Å². The molecule has 2 saturated heterocycles. The Labute approximate surface area is 250 Å². The van der Waals surface area contributed by atoms with Crippen molar-refractivity contribution in [3.63, 3.8) is 0 Å². The number of rotatable bonds is 6. The molecular weight excluding hydrogens is 557 g/mol. The van der Waals surface area contributed by atoms with Crippen molar-refractivity contribution in [3.05, 3.63) is 70.5 Å². The number of nitrogens with zero attached hydrogens (tertiary/aromatic N) is 5. The number of piperazine rings is 1. The number of amides is 1. The van der Waals surface area contributed by atoms with Crippen LogP contribution >= 0.6 is 11.6 Å². The molecule has 0 saturated carbocycles. The number of benzene rings is 2. The van der Waals surface area contributed by atoms with E-state index >= 15 is 0 Å². The Hall–Kier alpha value is -3.69. The number of halogens is 2. The number of fused-ring (bicyclic) bond motifs is 2. The van der Waals surface area contributed by atoms with Gasteiger partial charge in [-0.25, -0.2) is 4.39 Å². The number of hydrogen-bond donors (Lipinski definition) is 0. The molecule has 220 valence electrons. The molecule has 6 rings (SSSR count). The van der Waals surface area contributed by atoms with Crippen molar-refractivity contribution in [1.29, 1.82) is 0 Å². The van der Waals surface area contributed by atoms with E-state index in [2.05, 4.69) is 23.4 Å². The minimum Gasteiger partial charge on any atom is -0.462 e. The highest BCUT2D eigenvalue weighted by atomic mass is 35.5. The van der Waals surface area contributed by atoms with Gasteiger partial charge in [-0.1, -0.05) is 48.5 Å². The van der Waals surface area contributed by atoms with Gasteiger partial charge in [-0.15, -0.1) is 0 Å². The fourth-order valence-corrected chi connectivity index (χ4v) is 6.55. The summed E-state index contributed by atoms with van der Waals surface area (Å²) in [5.41, 5.74) is 2.79. The predicted molar refractivity (Wildman–Crippen MR) is 163 cm³/mol. The maximum atomic E-state index is 13.6.